The van der Waals surface area contributed by atoms with Crippen molar-refractivity contribution in [3.63, 3.8) is 0 Å². The molecule has 2 rings (SSSR count). The molecule has 1 atom stereocenters. The molecule has 0 spiro atoms. The minimum absolute atomic E-state index is 0.00545. The van der Waals surface area contributed by atoms with Crippen molar-refractivity contribution in [1.82, 2.24) is 9.88 Å². The molecule has 0 aromatic carbocycles. The van der Waals surface area contributed by atoms with E-state index in [1.165, 1.54) is 6.20 Å². The van der Waals surface area contributed by atoms with E-state index in [1.54, 1.807) is 11.0 Å². The molecule has 6 heteroatoms. The van der Waals surface area contributed by atoms with Gasteiger partial charge in [-0.25, -0.2) is 4.98 Å². The normalized spacial score (nSPS) is 18.9. The number of nitrogens with one attached hydrogen (secondary N) is 1. The van der Waals surface area contributed by atoms with Crippen molar-refractivity contribution in [2.45, 2.75) is 32.2 Å². The van der Waals surface area contributed by atoms with Gasteiger partial charge in [-0.2, -0.15) is 0 Å². The Labute approximate surface area is 123 Å². The Balaban J connectivity index is 2.24. The van der Waals surface area contributed by atoms with Gasteiger partial charge in [-0.3, -0.25) is 4.79 Å². The second kappa shape index (κ2) is 6.90. The maximum atomic E-state index is 12.6. The summed E-state index contributed by atoms with van der Waals surface area (Å²) in [6.45, 7) is 3.35. The van der Waals surface area contributed by atoms with Crippen molar-refractivity contribution in [2.75, 3.05) is 25.0 Å². The molecule has 2 heterocycles. The fourth-order valence-electron chi connectivity index (χ4n) is 2.49. The standard InChI is InChI=1S/C14H20ClN3O2/c1-2-16-13-7-11(12(15)8-17-13)14(20)18-6-4-3-5-10(18)9-19/h7-8,10,19H,2-6,9H2,1H3,(H,16,17). The third-order valence-corrected chi connectivity index (χ3v) is 3.84. The van der Waals surface area contributed by atoms with E-state index in [4.69, 9.17) is 11.6 Å². The Kier molecular flexibility index (Phi) is 5.20. The van der Waals surface area contributed by atoms with Gasteiger partial charge in [-0.05, 0) is 32.3 Å². The van der Waals surface area contributed by atoms with Crippen LogP contribution in [0.1, 0.15) is 36.5 Å². The summed E-state index contributed by atoms with van der Waals surface area (Å²) in [4.78, 5) is 18.5. The molecule has 5 nitrogen and oxygen atoms in total. The highest BCUT2D eigenvalue weighted by atomic mass is 35.5. The first kappa shape index (κ1) is 15.1. The van der Waals surface area contributed by atoms with E-state index in [0.29, 0.717) is 22.9 Å². The Bertz CT molecular complexity index is 481. The Morgan fingerprint density at radius 3 is 3.10 bits per heavy atom. The zero-order valence-corrected chi connectivity index (χ0v) is 12.4. The first-order chi connectivity index (χ1) is 9.67. The number of carbonyl (C=O) groups is 1. The summed E-state index contributed by atoms with van der Waals surface area (Å²) in [5.74, 6) is 0.508. The quantitative estimate of drug-likeness (QED) is 0.894. The number of rotatable bonds is 4. The van der Waals surface area contributed by atoms with Gasteiger partial charge in [-0.15, -0.1) is 0 Å². The number of nitrogens with zero attached hydrogens (tertiary/aromatic N) is 2. The number of pyridine rings is 1. The summed E-state index contributed by atoms with van der Waals surface area (Å²) in [5, 5.41) is 12.8. The van der Waals surface area contributed by atoms with Gasteiger partial charge in [-0.1, -0.05) is 11.6 Å². The molecule has 0 aliphatic carbocycles. The van der Waals surface area contributed by atoms with E-state index in [2.05, 4.69) is 10.3 Å². The monoisotopic (exact) mass is 297 g/mol. The van der Waals surface area contributed by atoms with Crippen LogP contribution in [0.4, 0.5) is 5.82 Å². The fourth-order valence-corrected chi connectivity index (χ4v) is 2.68. The minimum Gasteiger partial charge on any atom is -0.394 e. The predicted molar refractivity (Wildman–Crippen MR) is 79.2 cm³/mol. The number of hydrogen-bond donors (Lipinski definition) is 2. The van der Waals surface area contributed by atoms with Crippen LogP contribution in [-0.2, 0) is 0 Å². The van der Waals surface area contributed by atoms with Crippen molar-refractivity contribution in [3.8, 4) is 0 Å². The topological polar surface area (TPSA) is 65.5 Å². The lowest BCUT2D eigenvalue weighted by Gasteiger charge is -2.34. The number of halogens is 1. The van der Waals surface area contributed by atoms with E-state index in [1.807, 2.05) is 6.92 Å². The van der Waals surface area contributed by atoms with Gasteiger partial charge in [0.1, 0.15) is 5.82 Å². The Hall–Kier alpha value is -1.33. The lowest BCUT2D eigenvalue weighted by Crippen LogP contribution is -2.45. The zero-order valence-electron chi connectivity index (χ0n) is 11.6. The van der Waals surface area contributed by atoms with E-state index in [-0.39, 0.29) is 18.6 Å². The lowest BCUT2D eigenvalue weighted by molar-refractivity contribution is 0.0503. The van der Waals surface area contributed by atoms with Crippen LogP contribution in [0.15, 0.2) is 12.3 Å². The highest BCUT2D eigenvalue weighted by Gasteiger charge is 2.28. The third kappa shape index (κ3) is 3.22. The molecule has 0 saturated carbocycles. The summed E-state index contributed by atoms with van der Waals surface area (Å²) in [5.41, 5.74) is 0.443. The number of anilines is 1. The third-order valence-electron chi connectivity index (χ3n) is 3.54. The number of piperidine rings is 1. The molecule has 1 amide bonds. The number of likely N-dealkylation sites (tertiary alicyclic amines) is 1. The fraction of sp³-hybridized carbons (Fsp3) is 0.571. The van der Waals surface area contributed by atoms with Gasteiger partial charge in [0.05, 0.1) is 23.2 Å². The molecule has 20 heavy (non-hydrogen) atoms. The second-order valence-electron chi connectivity index (χ2n) is 4.91. The smallest absolute Gasteiger partial charge is 0.255 e. The minimum atomic E-state index is -0.129. The van der Waals surface area contributed by atoms with Crippen LogP contribution in [0.2, 0.25) is 5.02 Å². The molecule has 110 valence electrons. The number of hydrogen-bond acceptors (Lipinski definition) is 4. The molecule has 1 unspecified atom stereocenters. The number of aliphatic hydroxyl groups is 1. The van der Waals surface area contributed by atoms with Crippen LogP contribution in [0, 0.1) is 0 Å². The Morgan fingerprint density at radius 2 is 2.40 bits per heavy atom. The maximum Gasteiger partial charge on any atom is 0.255 e. The average molecular weight is 298 g/mol. The van der Waals surface area contributed by atoms with Gasteiger partial charge in [0.25, 0.3) is 5.91 Å². The average Bonchev–Trinajstić information content (AvgIpc) is 2.48. The van der Waals surface area contributed by atoms with E-state index < -0.39 is 0 Å². The van der Waals surface area contributed by atoms with Crippen molar-refractivity contribution < 1.29 is 9.90 Å². The molecule has 1 fully saturated rings. The van der Waals surface area contributed by atoms with Gasteiger partial charge in [0.15, 0.2) is 0 Å². The van der Waals surface area contributed by atoms with Crippen LogP contribution in [-0.4, -0.2) is 46.6 Å². The molecule has 0 radical (unpaired) electrons. The number of aliphatic hydroxyl groups excluding tert-OH is 1. The van der Waals surface area contributed by atoms with Crippen LogP contribution < -0.4 is 5.32 Å². The molecular weight excluding hydrogens is 278 g/mol. The van der Waals surface area contributed by atoms with Crippen LogP contribution in [0.5, 0.6) is 0 Å². The van der Waals surface area contributed by atoms with Crippen LogP contribution in [0.25, 0.3) is 0 Å². The van der Waals surface area contributed by atoms with Crippen LogP contribution in [0.3, 0.4) is 0 Å². The van der Waals surface area contributed by atoms with E-state index in [0.717, 1.165) is 25.8 Å². The lowest BCUT2D eigenvalue weighted by atomic mass is 10.0. The highest BCUT2D eigenvalue weighted by molar-refractivity contribution is 6.33. The number of carbonyl (C=O) groups excluding carboxylic acids is 1. The molecule has 1 aromatic rings. The van der Waals surface area contributed by atoms with E-state index >= 15 is 0 Å². The summed E-state index contributed by atoms with van der Waals surface area (Å²) in [6, 6.07) is 1.57. The van der Waals surface area contributed by atoms with Crippen molar-refractivity contribution in [1.29, 1.82) is 0 Å². The SMILES string of the molecule is CCNc1cc(C(=O)N2CCCCC2CO)c(Cl)cn1. The number of amides is 1. The number of aromatic nitrogens is 1. The zero-order chi connectivity index (χ0) is 14.5. The summed E-state index contributed by atoms with van der Waals surface area (Å²) < 4.78 is 0. The molecule has 1 aliphatic heterocycles. The van der Waals surface area contributed by atoms with Crippen molar-refractivity contribution >= 4 is 23.3 Å². The molecular formula is C14H20ClN3O2. The second-order valence-corrected chi connectivity index (χ2v) is 5.32. The van der Waals surface area contributed by atoms with Crippen LogP contribution >= 0.6 is 11.6 Å². The van der Waals surface area contributed by atoms with Gasteiger partial charge < -0.3 is 15.3 Å². The molecule has 1 aliphatic rings. The highest BCUT2D eigenvalue weighted by Crippen LogP contribution is 2.24. The predicted octanol–water partition coefficient (Wildman–Crippen LogP) is 2.15. The van der Waals surface area contributed by atoms with Gasteiger partial charge >= 0.3 is 0 Å². The first-order valence-electron chi connectivity index (χ1n) is 6.98. The molecule has 1 aromatic heterocycles. The van der Waals surface area contributed by atoms with Crippen molar-refractivity contribution in [2.24, 2.45) is 0 Å². The van der Waals surface area contributed by atoms with E-state index in [9.17, 15) is 9.90 Å². The molecule has 0 bridgehead atoms. The maximum absolute atomic E-state index is 12.6. The van der Waals surface area contributed by atoms with Gasteiger partial charge in [0.2, 0.25) is 0 Å². The summed E-state index contributed by atoms with van der Waals surface area (Å²) in [7, 11) is 0. The Morgan fingerprint density at radius 1 is 1.60 bits per heavy atom. The molecule has 2 N–H and O–H groups in total. The molecule has 1 saturated heterocycles. The van der Waals surface area contributed by atoms with Gasteiger partial charge in [0, 0.05) is 19.3 Å². The largest absolute Gasteiger partial charge is 0.394 e. The summed E-state index contributed by atoms with van der Waals surface area (Å²) in [6.07, 6.45) is 4.34. The summed E-state index contributed by atoms with van der Waals surface area (Å²) >= 11 is 6.10. The first-order valence-corrected chi connectivity index (χ1v) is 7.36. The van der Waals surface area contributed by atoms with Crippen molar-refractivity contribution in [3.05, 3.63) is 22.8 Å².